The van der Waals surface area contributed by atoms with E-state index in [2.05, 4.69) is 0 Å². The van der Waals surface area contributed by atoms with Gasteiger partial charge >= 0.3 is 5.97 Å². The van der Waals surface area contributed by atoms with Gasteiger partial charge in [0.15, 0.2) is 9.84 Å². The van der Waals surface area contributed by atoms with E-state index in [9.17, 15) is 13.2 Å². The van der Waals surface area contributed by atoms with Gasteiger partial charge in [0.2, 0.25) is 0 Å². The molecular formula is C10H12O4S. The van der Waals surface area contributed by atoms with Gasteiger partial charge in [-0.3, -0.25) is 0 Å². The van der Waals surface area contributed by atoms with Crippen LogP contribution in [0.4, 0.5) is 0 Å². The van der Waals surface area contributed by atoms with E-state index in [-0.39, 0.29) is 16.2 Å². The molecule has 1 aromatic carbocycles. The summed E-state index contributed by atoms with van der Waals surface area (Å²) in [6, 6.07) is 4.11. The summed E-state index contributed by atoms with van der Waals surface area (Å²) in [6.45, 7) is 3.18. The molecule has 1 aromatic rings. The summed E-state index contributed by atoms with van der Waals surface area (Å²) in [5.74, 6) is -1.15. The van der Waals surface area contributed by atoms with Crippen molar-refractivity contribution in [1.29, 1.82) is 0 Å². The lowest BCUT2D eigenvalue weighted by Crippen LogP contribution is -2.08. The van der Waals surface area contributed by atoms with Gasteiger partial charge in [-0.15, -0.1) is 0 Å². The third kappa shape index (κ3) is 2.36. The predicted octanol–water partition coefficient (Wildman–Crippen LogP) is 1.49. The molecule has 0 bridgehead atoms. The van der Waals surface area contributed by atoms with Gasteiger partial charge in [0.1, 0.15) is 0 Å². The summed E-state index contributed by atoms with van der Waals surface area (Å²) in [6.07, 6.45) is 0. The number of aryl methyl sites for hydroxylation is 1. The zero-order valence-corrected chi connectivity index (χ0v) is 9.34. The van der Waals surface area contributed by atoms with Crippen molar-refractivity contribution in [2.45, 2.75) is 18.7 Å². The van der Waals surface area contributed by atoms with Crippen molar-refractivity contribution in [2.24, 2.45) is 0 Å². The first-order valence-electron chi connectivity index (χ1n) is 4.45. The van der Waals surface area contributed by atoms with E-state index in [4.69, 9.17) is 5.11 Å². The highest BCUT2D eigenvalue weighted by Gasteiger charge is 2.16. The number of hydrogen-bond donors (Lipinski definition) is 1. The Balaban J connectivity index is 3.42. The number of sulfone groups is 1. The maximum absolute atomic E-state index is 11.6. The normalized spacial score (nSPS) is 11.3. The third-order valence-electron chi connectivity index (χ3n) is 2.15. The molecular weight excluding hydrogens is 216 g/mol. The van der Waals surface area contributed by atoms with Gasteiger partial charge in [0, 0.05) is 0 Å². The minimum absolute atomic E-state index is 0.00683. The molecule has 0 saturated carbocycles. The molecule has 0 unspecified atom stereocenters. The van der Waals surface area contributed by atoms with Gasteiger partial charge in [-0.1, -0.05) is 13.0 Å². The number of aromatic carboxylic acids is 1. The molecule has 5 heteroatoms. The molecule has 1 N–H and O–H groups in total. The Morgan fingerprint density at radius 3 is 2.47 bits per heavy atom. The fourth-order valence-electron chi connectivity index (χ4n) is 1.22. The van der Waals surface area contributed by atoms with Crippen molar-refractivity contribution in [1.82, 2.24) is 0 Å². The molecule has 4 nitrogen and oxygen atoms in total. The van der Waals surface area contributed by atoms with Crippen LogP contribution in [-0.2, 0) is 9.84 Å². The molecule has 0 aromatic heterocycles. The van der Waals surface area contributed by atoms with Crippen molar-refractivity contribution < 1.29 is 18.3 Å². The highest BCUT2D eigenvalue weighted by Crippen LogP contribution is 2.18. The van der Waals surface area contributed by atoms with Crippen molar-refractivity contribution >= 4 is 15.8 Å². The monoisotopic (exact) mass is 228 g/mol. The molecule has 0 atom stereocenters. The van der Waals surface area contributed by atoms with Crippen LogP contribution in [0.2, 0.25) is 0 Å². The Bertz CT molecular complexity index is 488. The van der Waals surface area contributed by atoms with Crippen molar-refractivity contribution in [3.63, 3.8) is 0 Å². The van der Waals surface area contributed by atoms with E-state index < -0.39 is 15.8 Å². The summed E-state index contributed by atoms with van der Waals surface area (Å²) in [7, 11) is -3.35. The minimum Gasteiger partial charge on any atom is -0.478 e. The second-order valence-electron chi connectivity index (χ2n) is 3.19. The Labute approximate surface area is 88.5 Å². The van der Waals surface area contributed by atoms with E-state index >= 15 is 0 Å². The lowest BCUT2D eigenvalue weighted by atomic mass is 10.1. The maximum atomic E-state index is 11.6. The van der Waals surface area contributed by atoms with E-state index in [1.807, 2.05) is 0 Å². The van der Waals surface area contributed by atoms with Crippen molar-refractivity contribution in [2.75, 3.05) is 5.75 Å². The van der Waals surface area contributed by atoms with E-state index in [0.717, 1.165) is 0 Å². The topological polar surface area (TPSA) is 71.4 Å². The van der Waals surface area contributed by atoms with Gasteiger partial charge in [-0.25, -0.2) is 13.2 Å². The molecule has 82 valence electrons. The van der Waals surface area contributed by atoms with Gasteiger partial charge in [-0.05, 0) is 24.6 Å². The number of rotatable bonds is 3. The van der Waals surface area contributed by atoms with Gasteiger partial charge in [-0.2, -0.15) is 0 Å². The molecule has 0 aliphatic carbocycles. The predicted molar refractivity (Wildman–Crippen MR) is 55.9 cm³/mol. The first-order valence-corrected chi connectivity index (χ1v) is 6.10. The summed E-state index contributed by atoms with van der Waals surface area (Å²) in [5, 5.41) is 8.74. The van der Waals surface area contributed by atoms with Crippen LogP contribution in [0, 0.1) is 6.92 Å². The van der Waals surface area contributed by atoms with Crippen LogP contribution >= 0.6 is 0 Å². The molecule has 0 aliphatic heterocycles. The molecule has 0 spiro atoms. The number of benzene rings is 1. The Morgan fingerprint density at radius 1 is 1.40 bits per heavy atom. The van der Waals surface area contributed by atoms with Crippen LogP contribution in [0.1, 0.15) is 22.8 Å². The summed E-state index contributed by atoms with van der Waals surface area (Å²) >= 11 is 0. The molecule has 1 rings (SSSR count). The summed E-state index contributed by atoms with van der Waals surface area (Å²) in [4.78, 5) is 10.8. The smallest absolute Gasteiger partial charge is 0.335 e. The maximum Gasteiger partial charge on any atom is 0.335 e. The number of hydrogen-bond acceptors (Lipinski definition) is 3. The SMILES string of the molecule is CCS(=O)(=O)c1cc(C(=O)O)ccc1C. The minimum atomic E-state index is -3.35. The largest absolute Gasteiger partial charge is 0.478 e. The standard InChI is InChI=1S/C10H12O4S/c1-3-15(13,14)9-6-8(10(11)12)5-4-7(9)2/h4-6H,3H2,1-2H3,(H,11,12). The second-order valence-corrected chi connectivity index (χ2v) is 5.44. The summed E-state index contributed by atoms with van der Waals surface area (Å²) < 4.78 is 23.2. The quantitative estimate of drug-likeness (QED) is 0.850. The van der Waals surface area contributed by atoms with Gasteiger partial charge in [0.25, 0.3) is 0 Å². The summed E-state index contributed by atoms with van der Waals surface area (Å²) in [5.41, 5.74) is 0.564. The Kier molecular flexibility index (Phi) is 3.14. The zero-order chi connectivity index (χ0) is 11.6. The van der Waals surface area contributed by atoms with Gasteiger partial charge < -0.3 is 5.11 Å². The average Bonchev–Trinajstić information content (AvgIpc) is 2.17. The molecule has 15 heavy (non-hydrogen) atoms. The zero-order valence-electron chi connectivity index (χ0n) is 8.52. The lowest BCUT2D eigenvalue weighted by Gasteiger charge is -2.06. The first-order chi connectivity index (χ1) is 6.88. The third-order valence-corrected chi connectivity index (χ3v) is 4.02. The van der Waals surface area contributed by atoms with Crippen LogP contribution < -0.4 is 0 Å². The fraction of sp³-hybridized carbons (Fsp3) is 0.300. The molecule has 0 aliphatic rings. The van der Waals surface area contributed by atoms with Crippen molar-refractivity contribution in [3.05, 3.63) is 29.3 Å². The molecule has 0 radical (unpaired) electrons. The average molecular weight is 228 g/mol. The van der Waals surface area contributed by atoms with Crippen LogP contribution in [-0.4, -0.2) is 25.2 Å². The van der Waals surface area contributed by atoms with E-state index in [1.54, 1.807) is 6.92 Å². The Hall–Kier alpha value is -1.36. The van der Waals surface area contributed by atoms with Crippen LogP contribution in [0.3, 0.4) is 0 Å². The molecule has 0 fully saturated rings. The van der Waals surface area contributed by atoms with Crippen LogP contribution in [0.5, 0.6) is 0 Å². The first kappa shape index (κ1) is 11.7. The highest BCUT2D eigenvalue weighted by atomic mass is 32.2. The molecule has 0 amide bonds. The number of carbonyl (C=O) groups is 1. The van der Waals surface area contributed by atoms with E-state index in [1.165, 1.54) is 25.1 Å². The molecule has 0 heterocycles. The van der Waals surface area contributed by atoms with Crippen LogP contribution in [0.25, 0.3) is 0 Å². The highest BCUT2D eigenvalue weighted by molar-refractivity contribution is 7.91. The lowest BCUT2D eigenvalue weighted by molar-refractivity contribution is 0.0696. The van der Waals surface area contributed by atoms with E-state index in [0.29, 0.717) is 5.56 Å². The Morgan fingerprint density at radius 2 is 2.00 bits per heavy atom. The fourth-order valence-corrected chi connectivity index (χ4v) is 2.40. The van der Waals surface area contributed by atoms with Crippen molar-refractivity contribution in [3.8, 4) is 0 Å². The number of carboxylic acids is 1. The number of carboxylic acid groups (broad SMARTS) is 1. The van der Waals surface area contributed by atoms with Gasteiger partial charge in [0.05, 0.1) is 16.2 Å². The van der Waals surface area contributed by atoms with Crippen LogP contribution in [0.15, 0.2) is 23.1 Å². The second kappa shape index (κ2) is 4.02. The molecule has 0 saturated heterocycles.